The maximum atomic E-state index is 10.7. The van der Waals surface area contributed by atoms with Gasteiger partial charge in [-0.25, -0.2) is 0 Å². The molecule has 4 nitrogen and oxygen atoms in total. The molecule has 0 aromatic rings. The number of nitrogens with one attached hydrogen (secondary N) is 1. The summed E-state index contributed by atoms with van der Waals surface area (Å²) in [7, 11) is 0. The van der Waals surface area contributed by atoms with Crippen molar-refractivity contribution < 1.29 is 4.79 Å². The van der Waals surface area contributed by atoms with E-state index in [-0.39, 0.29) is 5.91 Å². The molecule has 1 atom stereocenters. The molecule has 0 radical (unpaired) electrons. The number of nitrogens with zero attached hydrogens (tertiary/aromatic N) is 1. The van der Waals surface area contributed by atoms with E-state index >= 15 is 0 Å². The van der Waals surface area contributed by atoms with Gasteiger partial charge < -0.3 is 16.0 Å². The van der Waals surface area contributed by atoms with Crippen LogP contribution in [0.4, 0.5) is 0 Å². The highest BCUT2D eigenvalue weighted by molar-refractivity contribution is 5.72. The second-order valence-electron chi connectivity index (χ2n) is 3.68. The lowest BCUT2D eigenvalue weighted by atomic mass is 10.1. The first-order valence-corrected chi connectivity index (χ1v) is 4.89. The van der Waals surface area contributed by atoms with Gasteiger partial charge in [-0.2, -0.15) is 0 Å². The van der Waals surface area contributed by atoms with E-state index in [9.17, 15) is 4.79 Å². The van der Waals surface area contributed by atoms with Crippen LogP contribution in [0.5, 0.6) is 0 Å². The van der Waals surface area contributed by atoms with Crippen LogP contribution in [0, 0.1) is 5.92 Å². The van der Waals surface area contributed by atoms with Crippen LogP contribution in [0.3, 0.4) is 0 Å². The Morgan fingerprint density at radius 1 is 1.69 bits per heavy atom. The van der Waals surface area contributed by atoms with Crippen LogP contribution in [-0.2, 0) is 4.79 Å². The number of carbonyl (C=O) groups excluding carboxylic acids is 1. The normalized spacial score (nSPS) is 23.4. The second kappa shape index (κ2) is 5.19. The quantitative estimate of drug-likeness (QED) is 0.615. The number of hydrogen-bond donors (Lipinski definition) is 2. The van der Waals surface area contributed by atoms with E-state index in [2.05, 4.69) is 10.2 Å². The smallest absolute Gasteiger partial charge is 0.216 e. The molecule has 1 amide bonds. The Morgan fingerprint density at radius 2 is 2.46 bits per heavy atom. The van der Waals surface area contributed by atoms with Gasteiger partial charge in [-0.3, -0.25) is 4.79 Å². The van der Waals surface area contributed by atoms with Gasteiger partial charge in [0.2, 0.25) is 5.91 Å². The number of rotatable bonds is 4. The second-order valence-corrected chi connectivity index (χ2v) is 3.68. The minimum Gasteiger partial charge on any atom is -0.356 e. The summed E-state index contributed by atoms with van der Waals surface area (Å²) < 4.78 is 0. The third-order valence-electron chi connectivity index (χ3n) is 2.45. The molecule has 0 bridgehead atoms. The summed E-state index contributed by atoms with van der Waals surface area (Å²) in [5.41, 5.74) is 5.46. The van der Waals surface area contributed by atoms with E-state index in [0.29, 0.717) is 5.92 Å². The Hall–Kier alpha value is -0.610. The van der Waals surface area contributed by atoms with E-state index in [1.807, 2.05) is 0 Å². The summed E-state index contributed by atoms with van der Waals surface area (Å²) >= 11 is 0. The molecule has 13 heavy (non-hydrogen) atoms. The molecule has 1 fully saturated rings. The van der Waals surface area contributed by atoms with Gasteiger partial charge in [0.1, 0.15) is 0 Å². The third kappa shape index (κ3) is 3.74. The van der Waals surface area contributed by atoms with Gasteiger partial charge in [0.25, 0.3) is 0 Å². The Bertz CT molecular complexity index is 172. The molecule has 1 rings (SSSR count). The largest absolute Gasteiger partial charge is 0.356 e. The van der Waals surface area contributed by atoms with Gasteiger partial charge in [-0.15, -0.1) is 0 Å². The predicted molar refractivity (Wildman–Crippen MR) is 52.3 cm³/mol. The molecule has 1 heterocycles. The van der Waals surface area contributed by atoms with Gasteiger partial charge in [-0.05, 0) is 18.9 Å². The van der Waals surface area contributed by atoms with Crippen LogP contribution >= 0.6 is 0 Å². The fourth-order valence-electron chi connectivity index (χ4n) is 1.75. The molecule has 1 saturated heterocycles. The van der Waals surface area contributed by atoms with Crippen molar-refractivity contribution in [2.45, 2.75) is 13.3 Å². The minimum absolute atomic E-state index is 0.0669. The Morgan fingerprint density at radius 3 is 3.08 bits per heavy atom. The molecule has 0 unspecified atom stereocenters. The van der Waals surface area contributed by atoms with E-state index in [0.717, 1.165) is 32.7 Å². The van der Waals surface area contributed by atoms with Crippen LogP contribution in [-0.4, -0.2) is 43.5 Å². The summed E-state index contributed by atoms with van der Waals surface area (Å²) in [4.78, 5) is 13.0. The van der Waals surface area contributed by atoms with Gasteiger partial charge in [0.15, 0.2) is 0 Å². The minimum atomic E-state index is 0.0669. The van der Waals surface area contributed by atoms with Crippen LogP contribution < -0.4 is 11.1 Å². The third-order valence-corrected chi connectivity index (χ3v) is 2.45. The first-order valence-electron chi connectivity index (χ1n) is 4.89. The number of hydrogen-bond acceptors (Lipinski definition) is 3. The molecular weight excluding hydrogens is 166 g/mol. The molecule has 0 aromatic heterocycles. The highest BCUT2D eigenvalue weighted by Gasteiger charge is 2.21. The van der Waals surface area contributed by atoms with Crippen LogP contribution in [0.25, 0.3) is 0 Å². The van der Waals surface area contributed by atoms with Crippen molar-refractivity contribution in [3.63, 3.8) is 0 Å². The maximum absolute atomic E-state index is 10.7. The molecule has 1 aliphatic rings. The van der Waals surface area contributed by atoms with Crippen LogP contribution in [0.2, 0.25) is 0 Å². The molecule has 3 N–H and O–H groups in total. The topological polar surface area (TPSA) is 58.4 Å². The monoisotopic (exact) mass is 185 g/mol. The summed E-state index contributed by atoms with van der Waals surface area (Å²) in [6.07, 6.45) is 1.18. The van der Waals surface area contributed by atoms with E-state index in [4.69, 9.17) is 5.73 Å². The summed E-state index contributed by atoms with van der Waals surface area (Å²) in [5.74, 6) is 0.688. The standard InChI is InChI=1S/C9H19N3O/c1-8(13)11-6-9-2-4-12(7-9)5-3-10/h9H,2-7,10H2,1H3,(H,11,13)/t9-/m1/s1. The number of amides is 1. The SMILES string of the molecule is CC(=O)NC[C@H]1CCN(CCN)C1. The van der Waals surface area contributed by atoms with Crippen molar-refractivity contribution >= 4 is 5.91 Å². The van der Waals surface area contributed by atoms with Crippen molar-refractivity contribution in [3.05, 3.63) is 0 Å². The molecule has 0 saturated carbocycles. The highest BCUT2D eigenvalue weighted by atomic mass is 16.1. The summed E-state index contributed by atoms with van der Waals surface area (Å²) in [6.45, 7) is 6.30. The fourth-order valence-corrected chi connectivity index (χ4v) is 1.75. The van der Waals surface area contributed by atoms with Gasteiger partial charge >= 0.3 is 0 Å². The maximum Gasteiger partial charge on any atom is 0.216 e. The Kier molecular flexibility index (Phi) is 4.18. The average Bonchev–Trinajstić information content (AvgIpc) is 2.50. The van der Waals surface area contributed by atoms with E-state index in [1.165, 1.54) is 6.42 Å². The Balaban J connectivity index is 2.13. The molecule has 76 valence electrons. The molecular formula is C9H19N3O. The lowest BCUT2D eigenvalue weighted by Gasteiger charge is -2.14. The fraction of sp³-hybridized carbons (Fsp3) is 0.889. The average molecular weight is 185 g/mol. The molecule has 0 aliphatic carbocycles. The van der Waals surface area contributed by atoms with Crippen molar-refractivity contribution in [2.24, 2.45) is 11.7 Å². The number of carbonyl (C=O) groups is 1. The zero-order valence-corrected chi connectivity index (χ0v) is 8.25. The van der Waals surface area contributed by atoms with Gasteiger partial charge in [-0.1, -0.05) is 0 Å². The lowest BCUT2D eigenvalue weighted by Crippen LogP contribution is -2.31. The molecule has 4 heteroatoms. The summed E-state index contributed by atoms with van der Waals surface area (Å²) in [5, 5.41) is 2.85. The van der Waals surface area contributed by atoms with Crippen molar-refractivity contribution in [3.8, 4) is 0 Å². The molecule has 1 aliphatic heterocycles. The first-order chi connectivity index (χ1) is 6.22. The number of likely N-dealkylation sites (tertiary alicyclic amines) is 1. The van der Waals surface area contributed by atoms with Crippen molar-refractivity contribution in [2.75, 3.05) is 32.7 Å². The molecule has 0 spiro atoms. The number of nitrogens with two attached hydrogens (primary N) is 1. The highest BCUT2D eigenvalue weighted by Crippen LogP contribution is 2.14. The van der Waals surface area contributed by atoms with Gasteiger partial charge in [0.05, 0.1) is 0 Å². The van der Waals surface area contributed by atoms with Crippen molar-refractivity contribution in [1.29, 1.82) is 0 Å². The van der Waals surface area contributed by atoms with E-state index < -0.39 is 0 Å². The zero-order chi connectivity index (χ0) is 9.68. The lowest BCUT2D eigenvalue weighted by molar-refractivity contribution is -0.119. The molecule has 0 aromatic carbocycles. The van der Waals surface area contributed by atoms with E-state index in [1.54, 1.807) is 6.92 Å². The van der Waals surface area contributed by atoms with Crippen LogP contribution in [0.1, 0.15) is 13.3 Å². The Labute approximate surface area is 79.5 Å². The predicted octanol–water partition coefficient (Wildman–Crippen LogP) is -0.597. The van der Waals surface area contributed by atoms with Crippen molar-refractivity contribution in [1.82, 2.24) is 10.2 Å². The zero-order valence-electron chi connectivity index (χ0n) is 8.25. The van der Waals surface area contributed by atoms with Crippen LogP contribution in [0.15, 0.2) is 0 Å². The first kappa shape index (κ1) is 10.5. The van der Waals surface area contributed by atoms with Gasteiger partial charge in [0, 0.05) is 33.1 Å². The summed E-state index contributed by atoms with van der Waals surface area (Å²) in [6, 6.07) is 0.